The summed E-state index contributed by atoms with van der Waals surface area (Å²) in [5.74, 6) is 0. The van der Waals surface area contributed by atoms with Gasteiger partial charge in [-0.15, -0.1) is 0 Å². The summed E-state index contributed by atoms with van der Waals surface area (Å²) >= 11 is 0. The molecule has 7 aromatic rings. The van der Waals surface area contributed by atoms with Crippen molar-refractivity contribution < 1.29 is 4.42 Å². The van der Waals surface area contributed by atoms with Gasteiger partial charge in [0.1, 0.15) is 20.7 Å². The Morgan fingerprint density at radius 1 is 0.545 bits per heavy atom. The molecular formula is C30H19NOSi. The van der Waals surface area contributed by atoms with Gasteiger partial charge in [0.25, 0.3) is 0 Å². The van der Waals surface area contributed by atoms with Gasteiger partial charge in [-0.1, -0.05) is 90.1 Å². The van der Waals surface area contributed by atoms with Crippen LogP contribution in [0.2, 0.25) is 0 Å². The first-order valence-corrected chi connectivity index (χ1v) is 12.1. The van der Waals surface area contributed by atoms with Gasteiger partial charge in [0.15, 0.2) is 0 Å². The fourth-order valence-corrected chi connectivity index (χ4v) is 6.10. The molecule has 0 amide bonds. The second-order valence-corrected chi connectivity index (χ2v) is 9.69. The van der Waals surface area contributed by atoms with E-state index in [1.165, 1.54) is 43.3 Å². The Labute approximate surface area is 193 Å². The van der Waals surface area contributed by atoms with Crippen LogP contribution in [0.4, 0.5) is 0 Å². The van der Waals surface area contributed by atoms with Crippen LogP contribution in [0.25, 0.3) is 49.4 Å². The largest absolute Gasteiger partial charge is 0.456 e. The molecule has 2 heterocycles. The van der Waals surface area contributed by atoms with Crippen LogP contribution in [-0.4, -0.2) is 14.1 Å². The number of nitrogens with zero attached hydrogens (tertiary/aromatic N) is 1. The van der Waals surface area contributed by atoms with Gasteiger partial charge < -0.3 is 8.98 Å². The topological polar surface area (TPSA) is 18.1 Å². The van der Waals surface area contributed by atoms with E-state index in [-0.39, 0.29) is 0 Å². The van der Waals surface area contributed by atoms with Gasteiger partial charge in [0, 0.05) is 27.2 Å². The molecule has 7 rings (SSSR count). The van der Waals surface area contributed by atoms with Crippen LogP contribution in [0.15, 0.2) is 120 Å². The second kappa shape index (κ2) is 7.22. The van der Waals surface area contributed by atoms with Crippen LogP contribution in [0.3, 0.4) is 0 Å². The monoisotopic (exact) mass is 437 g/mol. The lowest BCUT2D eigenvalue weighted by Crippen LogP contribution is -2.27. The Morgan fingerprint density at radius 2 is 1.15 bits per heavy atom. The van der Waals surface area contributed by atoms with E-state index < -0.39 is 0 Å². The average Bonchev–Trinajstić information content (AvgIpc) is 3.41. The molecule has 0 N–H and O–H groups in total. The predicted molar refractivity (Wildman–Crippen MR) is 140 cm³/mol. The molecule has 2 aromatic heterocycles. The first kappa shape index (κ1) is 18.5. The highest BCUT2D eigenvalue weighted by molar-refractivity contribution is 6.69. The van der Waals surface area contributed by atoms with E-state index in [9.17, 15) is 0 Å². The number of aromatic nitrogens is 1. The highest BCUT2D eigenvalue weighted by Gasteiger charge is 2.17. The first-order chi connectivity index (χ1) is 16.4. The van der Waals surface area contributed by atoms with Crippen molar-refractivity contribution in [2.45, 2.75) is 0 Å². The molecule has 0 bridgehead atoms. The third-order valence-electron chi connectivity index (χ3n) is 6.35. The van der Waals surface area contributed by atoms with Crippen molar-refractivity contribution in [3.63, 3.8) is 0 Å². The summed E-state index contributed by atoms with van der Waals surface area (Å²) in [5, 5.41) is 7.41. The molecule has 2 nitrogen and oxygen atoms in total. The quantitative estimate of drug-likeness (QED) is 0.295. The molecule has 0 saturated carbocycles. The Kier molecular flexibility index (Phi) is 4.05. The van der Waals surface area contributed by atoms with Crippen molar-refractivity contribution in [3.05, 3.63) is 115 Å². The van der Waals surface area contributed by atoms with Crippen LogP contribution in [0, 0.1) is 0 Å². The van der Waals surface area contributed by atoms with Crippen molar-refractivity contribution in [1.82, 2.24) is 4.57 Å². The number of para-hydroxylation sites is 3. The highest BCUT2D eigenvalue weighted by atomic mass is 28.2. The maximum absolute atomic E-state index is 6.40. The third-order valence-corrected chi connectivity index (χ3v) is 7.62. The zero-order valence-corrected chi connectivity index (χ0v) is 18.8. The summed E-state index contributed by atoms with van der Waals surface area (Å²) in [5.41, 5.74) is 5.54. The number of hydrogen-bond donors (Lipinski definition) is 0. The second-order valence-electron chi connectivity index (χ2n) is 8.33. The van der Waals surface area contributed by atoms with Crippen molar-refractivity contribution in [1.29, 1.82) is 0 Å². The van der Waals surface area contributed by atoms with E-state index >= 15 is 0 Å². The van der Waals surface area contributed by atoms with Gasteiger partial charge in [-0.05, 0) is 35.5 Å². The molecule has 5 aromatic carbocycles. The normalized spacial score (nSPS) is 11.8. The molecule has 0 fully saturated rings. The van der Waals surface area contributed by atoms with E-state index in [4.69, 9.17) is 4.42 Å². The minimum atomic E-state index is 0.513. The summed E-state index contributed by atoms with van der Waals surface area (Å²) in [6.07, 6.45) is 0. The number of furan rings is 1. The van der Waals surface area contributed by atoms with Crippen LogP contribution >= 0.6 is 0 Å². The van der Waals surface area contributed by atoms with Gasteiger partial charge in [0.2, 0.25) is 0 Å². The van der Waals surface area contributed by atoms with E-state index in [0.717, 1.165) is 16.6 Å². The van der Waals surface area contributed by atoms with Crippen LogP contribution in [-0.2, 0) is 0 Å². The fourth-order valence-electron chi connectivity index (χ4n) is 4.91. The Morgan fingerprint density at radius 3 is 1.88 bits per heavy atom. The lowest BCUT2D eigenvalue weighted by molar-refractivity contribution is 0.671. The fraction of sp³-hybridized carbons (Fsp3) is 0. The molecule has 2 radical (unpaired) electrons. The van der Waals surface area contributed by atoms with Crippen molar-refractivity contribution in [2.24, 2.45) is 0 Å². The molecular weight excluding hydrogens is 418 g/mol. The summed E-state index contributed by atoms with van der Waals surface area (Å²) in [7, 11) is 0.513. The van der Waals surface area contributed by atoms with Crippen LogP contribution in [0.1, 0.15) is 0 Å². The lowest BCUT2D eigenvalue weighted by atomic mass is 10.1. The molecule has 0 aliphatic heterocycles. The molecule has 154 valence electrons. The number of rotatable bonds is 3. The number of fused-ring (bicyclic) bond motifs is 6. The molecule has 0 spiro atoms. The number of benzene rings is 5. The summed E-state index contributed by atoms with van der Waals surface area (Å²) < 4.78 is 8.79. The summed E-state index contributed by atoms with van der Waals surface area (Å²) in [6.45, 7) is 0. The Bertz CT molecular complexity index is 1740. The smallest absolute Gasteiger partial charge is 0.135 e. The van der Waals surface area contributed by atoms with Crippen molar-refractivity contribution in [2.75, 3.05) is 0 Å². The Hall–Kier alpha value is -4.08. The van der Waals surface area contributed by atoms with Gasteiger partial charge in [-0.25, -0.2) is 0 Å². The molecule has 0 aliphatic rings. The average molecular weight is 438 g/mol. The molecule has 0 saturated heterocycles. The molecule has 0 atom stereocenters. The zero-order chi connectivity index (χ0) is 21.8. The SMILES string of the molecule is c1ccc([Si]c2cc(-n3c4ccccc4c4ccccc43)cc3c2oc2ccccc23)cc1. The summed E-state index contributed by atoms with van der Waals surface area (Å²) in [4.78, 5) is 0. The molecule has 0 unspecified atom stereocenters. The standard InChI is InChI=1S/C30H19NOSi/c1-2-10-21(11-3-1)33-29-19-20(18-25-24-14-6-9-17-28(24)32-30(25)29)31-26-15-7-4-12-22(26)23-13-5-8-16-27(23)31/h1-19H. The third kappa shape index (κ3) is 2.86. The highest BCUT2D eigenvalue weighted by Crippen LogP contribution is 2.34. The molecule has 33 heavy (non-hydrogen) atoms. The molecule has 3 heteroatoms. The number of hydrogen-bond acceptors (Lipinski definition) is 1. The zero-order valence-electron chi connectivity index (χ0n) is 17.8. The maximum Gasteiger partial charge on any atom is 0.135 e. The van der Waals surface area contributed by atoms with Gasteiger partial charge in [-0.3, -0.25) is 0 Å². The van der Waals surface area contributed by atoms with Crippen molar-refractivity contribution >= 4 is 63.6 Å². The van der Waals surface area contributed by atoms with E-state index in [2.05, 4.69) is 114 Å². The van der Waals surface area contributed by atoms with E-state index in [1.807, 2.05) is 6.07 Å². The van der Waals surface area contributed by atoms with E-state index in [1.54, 1.807) is 0 Å². The summed E-state index contributed by atoms with van der Waals surface area (Å²) in [6, 6.07) is 41.0. The lowest BCUT2D eigenvalue weighted by Gasteiger charge is -2.11. The van der Waals surface area contributed by atoms with E-state index in [0.29, 0.717) is 9.52 Å². The van der Waals surface area contributed by atoms with Crippen molar-refractivity contribution in [3.8, 4) is 5.69 Å². The van der Waals surface area contributed by atoms with Gasteiger partial charge in [0.05, 0.1) is 11.0 Å². The minimum Gasteiger partial charge on any atom is -0.456 e. The van der Waals surface area contributed by atoms with Gasteiger partial charge >= 0.3 is 0 Å². The minimum absolute atomic E-state index is 0.513. The first-order valence-electron chi connectivity index (χ1n) is 11.1. The van der Waals surface area contributed by atoms with Crippen LogP contribution < -0.4 is 10.4 Å². The maximum atomic E-state index is 6.40. The Balaban J connectivity index is 1.58. The van der Waals surface area contributed by atoms with Gasteiger partial charge in [-0.2, -0.15) is 0 Å². The van der Waals surface area contributed by atoms with Crippen LogP contribution in [0.5, 0.6) is 0 Å². The predicted octanol–water partition coefficient (Wildman–Crippen LogP) is 6.34. The molecule has 0 aliphatic carbocycles.